The first kappa shape index (κ1) is 14.8. The van der Waals surface area contributed by atoms with Gasteiger partial charge in [0.1, 0.15) is 5.69 Å². The number of nitrogen functional groups attached to an aromatic ring is 1. The number of carboxylic acid groups (broad SMARTS) is 1. The highest BCUT2D eigenvalue weighted by Gasteiger charge is 2.13. The zero-order valence-electron chi connectivity index (χ0n) is 11.0. The maximum absolute atomic E-state index is 11.0. The fourth-order valence-electron chi connectivity index (χ4n) is 1.71. The number of halogens is 1. The molecule has 2 aromatic rings. The number of carboxylic acids is 1. The summed E-state index contributed by atoms with van der Waals surface area (Å²) in [4.78, 5) is 19.0. The Kier molecular flexibility index (Phi) is 4.41. The molecule has 0 aliphatic rings. The molecule has 0 fully saturated rings. The third-order valence-electron chi connectivity index (χ3n) is 2.64. The second-order valence-corrected chi connectivity index (χ2v) is 4.31. The average Bonchev–Trinajstić information content (AvgIpc) is 2.46. The van der Waals surface area contributed by atoms with Gasteiger partial charge in [-0.25, -0.2) is 4.79 Å². The van der Waals surface area contributed by atoms with E-state index in [1.165, 1.54) is 12.1 Å². The summed E-state index contributed by atoms with van der Waals surface area (Å²) in [7, 11) is 1.66. The van der Waals surface area contributed by atoms with Crippen LogP contribution in [0.4, 0.5) is 23.0 Å². The highest BCUT2D eigenvalue weighted by molar-refractivity contribution is 6.28. The van der Waals surface area contributed by atoms with Crippen LogP contribution < -0.4 is 21.9 Å². The smallest absolute Gasteiger partial charge is 0.335 e. The minimum Gasteiger partial charge on any atom is -0.478 e. The van der Waals surface area contributed by atoms with Crippen LogP contribution in [0.15, 0.2) is 24.3 Å². The molecule has 0 aliphatic heterocycles. The first-order valence-electron chi connectivity index (χ1n) is 5.87. The number of hydrazine groups is 1. The van der Waals surface area contributed by atoms with E-state index >= 15 is 0 Å². The highest BCUT2D eigenvalue weighted by Crippen LogP contribution is 2.30. The van der Waals surface area contributed by atoms with Gasteiger partial charge in [-0.1, -0.05) is 6.07 Å². The second-order valence-electron chi connectivity index (χ2n) is 3.97. The number of carbonyl (C=O) groups is 1. The van der Waals surface area contributed by atoms with Gasteiger partial charge in [-0.2, -0.15) is 9.97 Å². The van der Waals surface area contributed by atoms with Gasteiger partial charge in [0, 0.05) is 12.7 Å². The fraction of sp³-hybridized carbons (Fsp3) is 0.0833. The Morgan fingerprint density at radius 1 is 1.33 bits per heavy atom. The molecule has 2 rings (SSSR count). The van der Waals surface area contributed by atoms with Crippen molar-refractivity contribution in [1.82, 2.24) is 9.97 Å². The Balaban J connectivity index is 2.41. The van der Waals surface area contributed by atoms with Crippen LogP contribution in [0.1, 0.15) is 10.4 Å². The van der Waals surface area contributed by atoms with Crippen LogP contribution in [-0.2, 0) is 0 Å². The van der Waals surface area contributed by atoms with E-state index in [9.17, 15) is 4.79 Å². The summed E-state index contributed by atoms with van der Waals surface area (Å²) >= 11 is 5.84. The Morgan fingerprint density at radius 3 is 2.67 bits per heavy atom. The van der Waals surface area contributed by atoms with Crippen molar-refractivity contribution in [3.8, 4) is 0 Å². The van der Waals surface area contributed by atoms with E-state index in [2.05, 4.69) is 26.0 Å². The Morgan fingerprint density at radius 2 is 2.05 bits per heavy atom. The third kappa shape index (κ3) is 3.30. The molecule has 21 heavy (non-hydrogen) atoms. The number of aromatic carboxylic acids is 1. The molecule has 6 N–H and O–H groups in total. The van der Waals surface area contributed by atoms with E-state index in [-0.39, 0.29) is 10.8 Å². The van der Waals surface area contributed by atoms with Crippen LogP contribution in [0.25, 0.3) is 0 Å². The summed E-state index contributed by atoms with van der Waals surface area (Å²) in [5, 5.41) is 14.8. The second kappa shape index (κ2) is 6.25. The number of aromatic nitrogens is 2. The molecule has 0 spiro atoms. The number of rotatable bonds is 5. The van der Waals surface area contributed by atoms with Crippen molar-refractivity contribution in [2.75, 3.05) is 23.1 Å². The highest BCUT2D eigenvalue weighted by atomic mass is 35.5. The van der Waals surface area contributed by atoms with Gasteiger partial charge in [-0.15, -0.1) is 0 Å². The standard InChI is InChI=1S/C12H13ClN6O2/c1-15-9-8(19-14)10(18-12(13)17-9)16-7-4-2-3-6(5-7)11(20)21/h2-5,19H,14H2,1H3,(H,20,21)(H2,15,16,17,18). The van der Waals surface area contributed by atoms with E-state index in [1.807, 2.05) is 0 Å². The Labute approximate surface area is 125 Å². The largest absolute Gasteiger partial charge is 0.478 e. The molecular weight excluding hydrogens is 296 g/mol. The van der Waals surface area contributed by atoms with Crippen LogP contribution >= 0.6 is 11.6 Å². The summed E-state index contributed by atoms with van der Waals surface area (Å²) in [6.45, 7) is 0. The molecule has 0 unspecified atom stereocenters. The molecule has 8 nitrogen and oxygen atoms in total. The number of nitrogens with one attached hydrogen (secondary N) is 3. The summed E-state index contributed by atoms with van der Waals surface area (Å²) in [5.41, 5.74) is 3.56. The lowest BCUT2D eigenvalue weighted by Gasteiger charge is -2.14. The number of hydrogen-bond acceptors (Lipinski definition) is 7. The number of nitrogens with zero attached hydrogens (tertiary/aromatic N) is 2. The molecule has 9 heteroatoms. The topological polar surface area (TPSA) is 125 Å². The quantitative estimate of drug-likeness (QED) is 0.322. The zero-order chi connectivity index (χ0) is 15.4. The van der Waals surface area contributed by atoms with Crippen molar-refractivity contribution in [2.24, 2.45) is 5.84 Å². The molecule has 0 saturated heterocycles. The minimum atomic E-state index is -1.02. The van der Waals surface area contributed by atoms with Crippen LogP contribution in [0, 0.1) is 0 Å². The fourth-order valence-corrected chi connectivity index (χ4v) is 1.88. The van der Waals surface area contributed by atoms with Gasteiger partial charge in [0.25, 0.3) is 0 Å². The lowest BCUT2D eigenvalue weighted by molar-refractivity contribution is 0.0697. The average molecular weight is 309 g/mol. The van der Waals surface area contributed by atoms with E-state index in [0.29, 0.717) is 23.0 Å². The van der Waals surface area contributed by atoms with Crippen molar-refractivity contribution < 1.29 is 9.90 Å². The summed E-state index contributed by atoms with van der Waals surface area (Å²) in [5.74, 6) is 5.18. The molecule has 1 aromatic heterocycles. The van der Waals surface area contributed by atoms with Gasteiger partial charge in [-0.3, -0.25) is 5.84 Å². The van der Waals surface area contributed by atoms with Crippen molar-refractivity contribution in [3.63, 3.8) is 0 Å². The van der Waals surface area contributed by atoms with Crippen molar-refractivity contribution in [1.29, 1.82) is 0 Å². The first-order chi connectivity index (χ1) is 10.0. The number of benzene rings is 1. The van der Waals surface area contributed by atoms with Crippen LogP contribution in [-0.4, -0.2) is 28.1 Å². The monoisotopic (exact) mass is 308 g/mol. The van der Waals surface area contributed by atoms with Gasteiger partial charge in [0.2, 0.25) is 5.28 Å². The number of hydrogen-bond donors (Lipinski definition) is 5. The molecule has 0 atom stereocenters. The molecule has 1 heterocycles. The van der Waals surface area contributed by atoms with Crippen LogP contribution in [0.5, 0.6) is 0 Å². The molecule has 0 radical (unpaired) electrons. The van der Waals surface area contributed by atoms with E-state index < -0.39 is 5.97 Å². The normalized spacial score (nSPS) is 10.0. The predicted molar refractivity (Wildman–Crippen MR) is 81.1 cm³/mol. The molecular formula is C12H13ClN6O2. The molecule has 0 bridgehead atoms. The summed E-state index contributed by atoms with van der Waals surface area (Å²) < 4.78 is 0. The van der Waals surface area contributed by atoms with E-state index in [1.54, 1.807) is 19.2 Å². The lowest BCUT2D eigenvalue weighted by atomic mass is 10.2. The van der Waals surface area contributed by atoms with E-state index in [4.69, 9.17) is 22.6 Å². The Bertz CT molecular complexity index is 679. The number of nitrogens with two attached hydrogens (primary N) is 1. The third-order valence-corrected chi connectivity index (χ3v) is 2.80. The maximum atomic E-state index is 11.0. The number of anilines is 4. The molecule has 110 valence electrons. The van der Waals surface area contributed by atoms with Gasteiger partial charge < -0.3 is 21.2 Å². The maximum Gasteiger partial charge on any atom is 0.335 e. The van der Waals surface area contributed by atoms with Crippen LogP contribution in [0.2, 0.25) is 5.28 Å². The van der Waals surface area contributed by atoms with Crippen molar-refractivity contribution in [3.05, 3.63) is 35.1 Å². The SMILES string of the molecule is CNc1nc(Cl)nc(Nc2cccc(C(=O)O)c2)c1NN. The van der Waals surface area contributed by atoms with E-state index in [0.717, 1.165) is 0 Å². The minimum absolute atomic E-state index is 0.0234. The van der Waals surface area contributed by atoms with Gasteiger partial charge in [0.15, 0.2) is 11.6 Å². The molecule has 0 aliphatic carbocycles. The van der Waals surface area contributed by atoms with Crippen LogP contribution in [0.3, 0.4) is 0 Å². The molecule has 0 amide bonds. The molecule has 1 aromatic carbocycles. The van der Waals surface area contributed by atoms with Crippen molar-refractivity contribution in [2.45, 2.75) is 0 Å². The van der Waals surface area contributed by atoms with Gasteiger partial charge in [0.05, 0.1) is 5.56 Å². The Hall–Kier alpha value is -2.58. The molecule has 0 saturated carbocycles. The van der Waals surface area contributed by atoms with Gasteiger partial charge >= 0.3 is 5.97 Å². The first-order valence-corrected chi connectivity index (χ1v) is 6.25. The summed E-state index contributed by atoms with van der Waals surface area (Å²) in [6.07, 6.45) is 0. The van der Waals surface area contributed by atoms with Gasteiger partial charge in [-0.05, 0) is 29.8 Å². The summed E-state index contributed by atoms with van der Waals surface area (Å²) in [6, 6.07) is 6.27. The predicted octanol–water partition coefficient (Wildman–Crippen LogP) is 1.90. The zero-order valence-corrected chi connectivity index (χ0v) is 11.8. The lowest BCUT2D eigenvalue weighted by Crippen LogP contribution is -2.14. The van der Waals surface area contributed by atoms with Crippen molar-refractivity contribution >= 4 is 40.6 Å².